The molecular formula is C15H20N2OS. The van der Waals surface area contributed by atoms with E-state index in [0.717, 1.165) is 33.1 Å². The van der Waals surface area contributed by atoms with Crippen LogP contribution in [0.5, 0.6) is 5.75 Å². The van der Waals surface area contributed by atoms with Crippen molar-refractivity contribution < 1.29 is 4.74 Å². The second kappa shape index (κ2) is 5.00. The highest BCUT2D eigenvalue weighted by Crippen LogP contribution is 2.34. The molecule has 0 radical (unpaired) electrons. The summed E-state index contributed by atoms with van der Waals surface area (Å²) in [6.45, 7) is 4.29. The fourth-order valence-electron chi connectivity index (χ4n) is 2.81. The first kappa shape index (κ1) is 12.7. The molecule has 3 rings (SSSR count). The number of anilines is 1. The number of fused-ring (bicyclic) bond motifs is 1. The van der Waals surface area contributed by atoms with Gasteiger partial charge in [-0.05, 0) is 38.2 Å². The first-order valence-corrected chi connectivity index (χ1v) is 7.78. The van der Waals surface area contributed by atoms with Gasteiger partial charge in [-0.3, -0.25) is 0 Å². The van der Waals surface area contributed by atoms with E-state index in [4.69, 9.17) is 10.5 Å². The molecule has 0 amide bonds. The molecule has 1 heterocycles. The van der Waals surface area contributed by atoms with Crippen LogP contribution in [0.25, 0.3) is 10.2 Å². The Morgan fingerprint density at radius 1 is 1.32 bits per heavy atom. The standard InChI is InChI=1S/C15H20N2OS/c1-9-5-3-4-6-13(9)18-14-8-12-15(7-11(14)16)19-10(2)17-12/h7-9,13H,3-6,16H2,1-2H3. The molecule has 2 atom stereocenters. The Balaban J connectivity index is 1.89. The molecule has 102 valence electrons. The molecule has 19 heavy (non-hydrogen) atoms. The number of aromatic nitrogens is 1. The van der Waals surface area contributed by atoms with E-state index >= 15 is 0 Å². The number of nitrogen functional groups attached to an aromatic ring is 1. The summed E-state index contributed by atoms with van der Waals surface area (Å²) >= 11 is 1.67. The molecule has 2 unspecified atom stereocenters. The van der Waals surface area contributed by atoms with E-state index in [9.17, 15) is 0 Å². The minimum absolute atomic E-state index is 0.299. The van der Waals surface area contributed by atoms with Crippen molar-refractivity contribution >= 4 is 27.2 Å². The van der Waals surface area contributed by atoms with Crippen LogP contribution in [0.4, 0.5) is 5.69 Å². The Morgan fingerprint density at radius 3 is 2.89 bits per heavy atom. The second-order valence-corrected chi connectivity index (χ2v) is 6.74. The van der Waals surface area contributed by atoms with E-state index in [2.05, 4.69) is 11.9 Å². The van der Waals surface area contributed by atoms with Gasteiger partial charge in [0.25, 0.3) is 0 Å². The van der Waals surface area contributed by atoms with Gasteiger partial charge in [-0.2, -0.15) is 0 Å². The van der Waals surface area contributed by atoms with Gasteiger partial charge in [-0.1, -0.05) is 13.3 Å². The number of nitrogens with zero attached hydrogens (tertiary/aromatic N) is 1. The average Bonchev–Trinajstić information content (AvgIpc) is 2.71. The number of aryl methyl sites for hydroxylation is 1. The Bertz CT molecular complexity index is 593. The van der Waals surface area contributed by atoms with Crippen molar-refractivity contribution in [2.45, 2.75) is 45.6 Å². The molecule has 1 aliphatic carbocycles. The summed E-state index contributed by atoms with van der Waals surface area (Å²) in [5.41, 5.74) is 7.84. The molecule has 1 fully saturated rings. The average molecular weight is 276 g/mol. The molecule has 4 heteroatoms. The highest BCUT2D eigenvalue weighted by molar-refractivity contribution is 7.18. The van der Waals surface area contributed by atoms with Crippen molar-refractivity contribution in [1.29, 1.82) is 0 Å². The summed E-state index contributed by atoms with van der Waals surface area (Å²) in [7, 11) is 0. The van der Waals surface area contributed by atoms with Crippen LogP contribution in [0, 0.1) is 12.8 Å². The normalized spacial score (nSPS) is 23.7. The van der Waals surface area contributed by atoms with E-state index in [0.29, 0.717) is 12.0 Å². The Morgan fingerprint density at radius 2 is 2.11 bits per heavy atom. The van der Waals surface area contributed by atoms with Crippen LogP contribution < -0.4 is 10.5 Å². The van der Waals surface area contributed by atoms with E-state index in [1.807, 2.05) is 19.1 Å². The van der Waals surface area contributed by atoms with E-state index in [1.165, 1.54) is 19.3 Å². The molecular weight excluding hydrogens is 256 g/mol. The van der Waals surface area contributed by atoms with Crippen molar-refractivity contribution in [3.05, 3.63) is 17.1 Å². The smallest absolute Gasteiger partial charge is 0.144 e. The summed E-state index contributed by atoms with van der Waals surface area (Å²) < 4.78 is 7.29. The minimum Gasteiger partial charge on any atom is -0.488 e. The maximum atomic E-state index is 6.16. The van der Waals surface area contributed by atoms with Gasteiger partial charge in [0.05, 0.1) is 20.9 Å². The van der Waals surface area contributed by atoms with Crippen LogP contribution in [0.1, 0.15) is 37.6 Å². The van der Waals surface area contributed by atoms with Gasteiger partial charge >= 0.3 is 0 Å². The minimum atomic E-state index is 0.299. The molecule has 2 aromatic rings. The number of nitrogens with two attached hydrogens (primary N) is 1. The van der Waals surface area contributed by atoms with Crippen molar-refractivity contribution in [2.24, 2.45) is 5.92 Å². The van der Waals surface area contributed by atoms with Gasteiger partial charge < -0.3 is 10.5 Å². The number of hydrogen-bond acceptors (Lipinski definition) is 4. The van der Waals surface area contributed by atoms with Crippen LogP contribution in [-0.2, 0) is 0 Å². The molecule has 2 N–H and O–H groups in total. The number of rotatable bonds is 2. The number of thiazole rings is 1. The largest absolute Gasteiger partial charge is 0.488 e. The monoisotopic (exact) mass is 276 g/mol. The fraction of sp³-hybridized carbons (Fsp3) is 0.533. The zero-order valence-corrected chi connectivity index (χ0v) is 12.3. The third-order valence-electron chi connectivity index (χ3n) is 3.94. The summed E-state index contributed by atoms with van der Waals surface area (Å²) in [5.74, 6) is 1.41. The first-order chi connectivity index (χ1) is 9.13. The second-order valence-electron chi connectivity index (χ2n) is 5.51. The molecule has 0 saturated heterocycles. The zero-order chi connectivity index (χ0) is 13.4. The van der Waals surface area contributed by atoms with E-state index < -0.39 is 0 Å². The van der Waals surface area contributed by atoms with Gasteiger partial charge in [0.2, 0.25) is 0 Å². The predicted octanol–water partition coefficient (Wildman–Crippen LogP) is 4.14. The lowest BCUT2D eigenvalue weighted by Gasteiger charge is -2.29. The zero-order valence-electron chi connectivity index (χ0n) is 11.5. The first-order valence-electron chi connectivity index (χ1n) is 6.97. The highest BCUT2D eigenvalue weighted by atomic mass is 32.1. The summed E-state index contributed by atoms with van der Waals surface area (Å²) in [5, 5.41) is 1.07. The van der Waals surface area contributed by atoms with Crippen LogP contribution in [0.3, 0.4) is 0 Å². The maximum absolute atomic E-state index is 6.16. The van der Waals surface area contributed by atoms with Crippen LogP contribution in [0.15, 0.2) is 12.1 Å². The molecule has 1 saturated carbocycles. The van der Waals surface area contributed by atoms with Gasteiger partial charge in [-0.25, -0.2) is 4.98 Å². The van der Waals surface area contributed by atoms with Gasteiger partial charge in [-0.15, -0.1) is 11.3 Å². The topological polar surface area (TPSA) is 48.1 Å². The Kier molecular flexibility index (Phi) is 3.35. The Labute approximate surface area is 117 Å². The summed E-state index contributed by atoms with van der Waals surface area (Å²) in [6, 6.07) is 3.98. The highest BCUT2D eigenvalue weighted by Gasteiger charge is 2.23. The number of benzene rings is 1. The molecule has 0 spiro atoms. The third-order valence-corrected chi connectivity index (χ3v) is 4.87. The molecule has 0 bridgehead atoms. The third kappa shape index (κ3) is 2.54. The predicted molar refractivity (Wildman–Crippen MR) is 80.8 cm³/mol. The van der Waals surface area contributed by atoms with Gasteiger partial charge in [0, 0.05) is 6.07 Å². The lowest BCUT2D eigenvalue weighted by molar-refractivity contribution is 0.103. The van der Waals surface area contributed by atoms with Crippen molar-refractivity contribution in [3.63, 3.8) is 0 Å². The quantitative estimate of drug-likeness (QED) is 0.838. The SMILES string of the molecule is Cc1nc2cc(OC3CCCCC3C)c(N)cc2s1. The van der Waals surface area contributed by atoms with E-state index in [1.54, 1.807) is 11.3 Å². The fourth-order valence-corrected chi connectivity index (χ4v) is 3.67. The van der Waals surface area contributed by atoms with Crippen LogP contribution in [0.2, 0.25) is 0 Å². The summed E-state index contributed by atoms with van der Waals surface area (Å²) in [6.07, 6.45) is 5.26. The molecule has 1 aliphatic rings. The Hall–Kier alpha value is -1.29. The number of ether oxygens (including phenoxy) is 1. The van der Waals surface area contributed by atoms with Crippen LogP contribution >= 0.6 is 11.3 Å². The number of hydrogen-bond donors (Lipinski definition) is 1. The lowest BCUT2D eigenvalue weighted by atomic mass is 9.88. The van der Waals surface area contributed by atoms with Crippen molar-refractivity contribution in [1.82, 2.24) is 4.98 Å². The lowest BCUT2D eigenvalue weighted by Crippen LogP contribution is -2.28. The van der Waals surface area contributed by atoms with Crippen LogP contribution in [-0.4, -0.2) is 11.1 Å². The molecule has 1 aromatic heterocycles. The van der Waals surface area contributed by atoms with Gasteiger partial charge in [0.15, 0.2) is 0 Å². The van der Waals surface area contributed by atoms with Crippen molar-refractivity contribution in [3.8, 4) is 5.75 Å². The maximum Gasteiger partial charge on any atom is 0.144 e. The molecule has 1 aromatic carbocycles. The van der Waals surface area contributed by atoms with Crippen molar-refractivity contribution in [2.75, 3.05) is 5.73 Å². The molecule has 3 nitrogen and oxygen atoms in total. The van der Waals surface area contributed by atoms with E-state index in [-0.39, 0.29) is 0 Å². The summed E-state index contributed by atoms with van der Waals surface area (Å²) in [4.78, 5) is 4.51. The molecule has 0 aliphatic heterocycles. The van der Waals surface area contributed by atoms with Gasteiger partial charge in [0.1, 0.15) is 11.9 Å².